The summed E-state index contributed by atoms with van der Waals surface area (Å²) in [5.41, 5.74) is 4.29. The molecule has 0 N–H and O–H groups in total. The van der Waals surface area contributed by atoms with Crippen molar-refractivity contribution < 1.29 is 17.9 Å². The van der Waals surface area contributed by atoms with E-state index in [-0.39, 0.29) is 24.1 Å². The Morgan fingerprint density at radius 1 is 1.06 bits per heavy atom. The number of aromatic nitrogens is 2. The van der Waals surface area contributed by atoms with Crippen molar-refractivity contribution in [3.63, 3.8) is 0 Å². The van der Waals surface area contributed by atoms with Gasteiger partial charge < -0.3 is 9.64 Å². The molecule has 0 amide bonds. The van der Waals surface area contributed by atoms with Gasteiger partial charge in [0, 0.05) is 47.7 Å². The highest BCUT2D eigenvalue weighted by Crippen LogP contribution is 2.45. The third-order valence-corrected chi connectivity index (χ3v) is 6.63. The van der Waals surface area contributed by atoms with Crippen molar-refractivity contribution in [2.24, 2.45) is 0 Å². The van der Waals surface area contributed by atoms with Crippen LogP contribution in [0.4, 0.5) is 13.2 Å². The molecule has 2 saturated heterocycles. The Balaban J connectivity index is 1.39. The lowest BCUT2D eigenvalue weighted by Gasteiger charge is -2.29. The predicted octanol–water partition coefficient (Wildman–Crippen LogP) is 6.13. The van der Waals surface area contributed by atoms with E-state index >= 15 is 0 Å². The van der Waals surface area contributed by atoms with E-state index < -0.39 is 11.7 Å². The molecule has 0 aliphatic carbocycles. The quantitative estimate of drug-likeness (QED) is 0.468. The van der Waals surface area contributed by atoms with Crippen molar-refractivity contribution in [2.75, 3.05) is 0 Å². The Kier molecular flexibility index (Phi) is 5.35. The number of alkyl halides is 3. The lowest BCUT2D eigenvalue weighted by Crippen LogP contribution is -2.34. The maximum atomic E-state index is 12.8. The number of pyridine rings is 2. The van der Waals surface area contributed by atoms with Gasteiger partial charge in [-0.05, 0) is 43.5 Å². The summed E-state index contributed by atoms with van der Waals surface area (Å²) in [6, 6.07) is 14.7. The molecular formula is C26H24F3N3O. The summed E-state index contributed by atoms with van der Waals surface area (Å²) in [7, 11) is 0. The highest BCUT2D eigenvalue weighted by Gasteiger charge is 2.48. The lowest BCUT2D eigenvalue weighted by atomic mass is 9.96. The molecule has 170 valence electrons. The van der Waals surface area contributed by atoms with Crippen molar-refractivity contribution >= 4 is 5.70 Å². The molecule has 33 heavy (non-hydrogen) atoms. The molecule has 0 spiro atoms. The highest BCUT2D eigenvalue weighted by molar-refractivity contribution is 5.81. The average Bonchev–Trinajstić information content (AvgIpc) is 3.36. The Morgan fingerprint density at radius 2 is 1.91 bits per heavy atom. The average molecular weight is 451 g/mol. The molecule has 0 saturated carbocycles. The molecule has 4 nitrogen and oxygen atoms in total. The predicted molar refractivity (Wildman–Crippen MR) is 120 cm³/mol. The molecule has 2 fully saturated rings. The SMILES string of the molecule is C=C(c1cccc(C)c1-c1ccccn1)N1C2CCC1C(Oc1ccc(C(F)(F)F)cn1)C2. The fraction of sp³-hybridized carbons (Fsp3) is 0.308. The fourth-order valence-corrected chi connectivity index (χ4v) is 5.15. The number of rotatable bonds is 5. The molecule has 7 heteroatoms. The zero-order valence-electron chi connectivity index (χ0n) is 18.2. The van der Waals surface area contributed by atoms with Gasteiger partial charge in [0.15, 0.2) is 0 Å². The zero-order valence-corrected chi connectivity index (χ0v) is 18.2. The second-order valence-electron chi connectivity index (χ2n) is 8.64. The van der Waals surface area contributed by atoms with Gasteiger partial charge in [0.1, 0.15) is 6.10 Å². The van der Waals surface area contributed by atoms with Gasteiger partial charge in [0.25, 0.3) is 0 Å². The number of hydrogen-bond donors (Lipinski definition) is 0. The number of fused-ring (bicyclic) bond motifs is 2. The number of benzene rings is 1. The summed E-state index contributed by atoms with van der Waals surface area (Å²) in [5.74, 6) is 0.218. The zero-order chi connectivity index (χ0) is 23.2. The minimum atomic E-state index is -4.41. The van der Waals surface area contributed by atoms with Crippen LogP contribution in [0.3, 0.4) is 0 Å². The van der Waals surface area contributed by atoms with E-state index in [0.717, 1.165) is 59.6 Å². The third kappa shape index (κ3) is 3.96. The maximum Gasteiger partial charge on any atom is 0.417 e. The maximum absolute atomic E-state index is 12.8. The van der Waals surface area contributed by atoms with E-state index in [9.17, 15) is 13.2 Å². The summed E-state index contributed by atoms with van der Waals surface area (Å²) < 4.78 is 44.5. The molecule has 5 rings (SSSR count). The van der Waals surface area contributed by atoms with E-state index in [1.165, 1.54) is 6.07 Å². The summed E-state index contributed by atoms with van der Waals surface area (Å²) in [5, 5.41) is 0. The van der Waals surface area contributed by atoms with Gasteiger partial charge in [-0.1, -0.05) is 30.8 Å². The van der Waals surface area contributed by atoms with Crippen LogP contribution in [0, 0.1) is 6.92 Å². The number of aryl methyl sites for hydroxylation is 1. The summed E-state index contributed by atoms with van der Waals surface area (Å²) >= 11 is 0. The molecule has 3 unspecified atom stereocenters. The van der Waals surface area contributed by atoms with Crippen LogP contribution in [0.5, 0.6) is 5.88 Å². The first-order valence-corrected chi connectivity index (χ1v) is 11.0. The van der Waals surface area contributed by atoms with Gasteiger partial charge in [0.05, 0.1) is 17.3 Å². The molecule has 2 aliphatic rings. The van der Waals surface area contributed by atoms with E-state index in [2.05, 4.69) is 40.5 Å². The van der Waals surface area contributed by atoms with Gasteiger partial charge in [-0.25, -0.2) is 4.98 Å². The van der Waals surface area contributed by atoms with Gasteiger partial charge in [0.2, 0.25) is 5.88 Å². The molecule has 2 aliphatic heterocycles. The van der Waals surface area contributed by atoms with Crippen LogP contribution in [-0.2, 0) is 6.18 Å². The van der Waals surface area contributed by atoms with Crippen molar-refractivity contribution in [3.05, 3.63) is 84.2 Å². The third-order valence-electron chi connectivity index (χ3n) is 6.63. The first kappa shape index (κ1) is 21.5. The van der Waals surface area contributed by atoms with Crippen molar-refractivity contribution in [1.29, 1.82) is 0 Å². The highest BCUT2D eigenvalue weighted by atomic mass is 19.4. The monoisotopic (exact) mass is 451 g/mol. The van der Waals surface area contributed by atoms with Crippen LogP contribution in [0.15, 0.2) is 67.5 Å². The number of hydrogen-bond acceptors (Lipinski definition) is 4. The molecule has 0 radical (unpaired) electrons. The minimum Gasteiger partial charge on any atom is -0.472 e. The smallest absolute Gasteiger partial charge is 0.417 e. The molecule has 4 heterocycles. The Hall–Kier alpha value is -3.35. The van der Waals surface area contributed by atoms with Gasteiger partial charge in [-0.3, -0.25) is 4.98 Å². The minimum absolute atomic E-state index is 0.101. The van der Waals surface area contributed by atoms with E-state index in [4.69, 9.17) is 4.74 Å². The molecule has 3 atom stereocenters. The first-order chi connectivity index (χ1) is 15.8. The molecule has 3 aromatic rings. The van der Waals surface area contributed by atoms with Crippen molar-refractivity contribution in [3.8, 4) is 17.1 Å². The van der Waals surface area contributed by atoms with Gasteiger partial charge in [-0.2, -0.15) is 13.2 Å². The fourth-order valence-electron chi connectivity index (χ4n) is 5.15. The van der Waals surface area contributed by atoms with E-state index in [1.54, 1.807) is 6.20 Å². The largest absolute Gasteiger partial charge is 0.472 e. The number of halogens is 3. The van der Waals surface area contributed by atoms with Gasteiger partial charge in [-0.15, -0.1) is 0 Å². The Labute approximate surface area is 190 Å². The number of ether oxygens (including phenoxy) is 1. The second kappa shape index (κ2) is 8.21. The van der Waals surface area contributed by atoms with Crippen LogP contribution < -0.4 is 4.74 Å². The van der Waals surface area contributed by atoms with Crippen molar-refractivity contribution in [1.82, 2.24) is 14.9 Å². The molecule has 2 aromatic heterocycles. The van der Waals surface area contributed by atoms with Crippen LogP contribution >= 0.6 is 0 Å². The number of nitrogens with zero attached hydrogens (tertiary/aromatic N) is 3. The summed E-state index contributed by atoms with van der Waals surface area (Å²) in [4.78, 5) is 10.8. The molecule has 1 aromatic carbocycles. The van der Waals surface area contributed by atoms with Crippen LogP contribution in [-0.4, -0.2) is 33.1 Å². The second-order valence-corrected chi connectivity index (χ2v) is 8.64. The van der Waals surface area contributed by atoms with Crippen molar-refractivity contribution in [2.45, 2.75) is 50.6 Å². The first-order valence-electron chi connectivity index (χ1n) is 11.0. The standard InChI is InChI=1S/C26H24F3N3O/c1-16-6-5-7-20(25(16)21-8-3-4-13-30-21)17(2)32-19-10-11-22(32)23(14-19)33-24-12-9-18(15-31-24)26(27,28)29/h3-9,12-13,15,19,22-23H,2,10-11,14H2,1H3. The Bertz CT molecular complexity index is 1160. The Morgan fingerprint density at radius 3 is 2.61 bits per heavy atom. The van der Waals surface area contributed by atoms with Crippen LogP contribution in [0.2, 0.25) is 0 Å². The normalized spacial score (nSPS) is 21.9. The van der Waals surface area contributed by atoms with Gasteiger partial charge >= 0.3 is 6.18 Å². The topological polar surface area (TPSA) is 38.2 Å². The molecule has 2 bridgehead atoms. The van der Waals surface area contributed by atoms with E-state index in [0.29, 0.717) is 0 Å². The summed E-state index contributed by atoms with van der Waals surface area (Å²) in [6.45, 7) is 6.53. The summed E-state index contributed by atoms with van der Waals surface area (Å²) in [6.07, 6.45) is 0.824. The molecular weight excluding hydrogens is 427 g/mol. The lowest BCUT2D eigenvalue weighted by molar-refractivity contribution is -0.137. The van der Waals surface area contributed by atoms with E-state index in [1.807, 2.05) is 24.3 Å². The van der Waals surface area contributed by atoms with Crippen LogP contribution in [0.1, 0.15) is 36.0 Å². The van der Waals surface area contributed by atoms with Crippen LogP contribution in [0.25, 0.3) is 17.0 Å².